The van der Waals surface area contributed by atoms with Crippen LogP contribution < -0.4 is 16.2 Å². The zero-order chi connectivity index (χ0) is 12.8. The predicted molar refractivity (Wildman–Crippen MR) is 75.2 cm³/mol. The topological polar surface area (TPSA) is 54.2 Å². The first-order chi connectivity index (χ1) is 8.83. The molecular weight excluding hydrogens is 224 g/mol. The van der Waals surface area contributed by atoms with Crippen LogP contribution in [0, 0.1) is 0 Å². The molecule has 0 unspecified atom stereocenters. The van der Waals surface area contributed by atoms with Crippen molar-refractivity contribution in [2.24, 2.45) is 5.84 Å². The average Bonchev–Trinajstić information content (AvgIpc) is 2.46. The van der Waals surface area contributed by atoms with Gasteiger partial charge in [0, 0.05) is 18.4 Å². The highest BCUT2D eigenvalue weighted by atomic mass is 15.2. The molecular formula is C14H18N4. The number of hydrogen-bond donors (Lipinski definition) is 2. The first-order valence-corrected chi connectivity index (χ1v) is 6.05. The van der Waals surface area contributed by atoms with Gasteiger partial charge in [-0.2, -0.15) is 0 Å². The van der Waals surface area contributed by atoms with Gasteiger partial charge >= 0.3 is 0 Å². The SMILES string of the molecule is CCN(Cc1cc(NN)ccn1)c1ccccc1. The lowest BCUT2D eigenvalue weighted by Crippen LogP contribution is -2.22. The second-order valence-electron chi connectivity index (χ2n) is 4.03. The van der Waals surface area contributed by atoms with E-state index in [4.69, 9.17) is 5.84 Å². The Morgan fingerprint density at radius 1 is 1.22 bits per heavy atom. The minimum atomic E-state index is 0.774. The van der Waals surface area contributed by atoms with E-state index in [1.54, 1.807) is 6.20 Å². The van der Waals surface area contributed by atoms with Crippen molar-refractivity contribution in [3.8, 4) is 0 Å². The molecule has 1 heterocycles. The Kier molecular flexibility index (Phi) is 4.15. The molecule has 4 nitrogen and oxygen atoms in total. The van der Waals surface area contributed by atoms with E-state index in [0.29, 0.717) is 0 Å². The molecule has 0 radical (unpaired) electrons. The van der Waals surface area contributed by atoms with Gasteiger partial charge in [0.15, 0.2) is 0 Å². The highest BCUT2D eigenvalue weighted by Gasteiger charge is 2.05. The number of aromatic nitrogens is 1. The molecule has 4 heteroatoms. The number of rotatable bonds is 5. The van der Waals surface area contributed by atoms with Crippen molar-refractivity contribution in [1.82, 2.24) is 4.98 Å². The number of benzene rings is 1. The van der Waals surface area contributed by atoms with Crippen molar-refractivity contribution in [2.45, 2.75) is 13.5 Å². The largest absolute Gasteiger partial charge is 0.366 e. The Hall–Kier alpha value is -2.07. The molecule has 0 aliphatic rings. The first-order valence-electron chi connectivity index (χ1n) is 6.05. The van der Waals surface area contributed by atoms with E-state index in [1.165, 1.54) is 5.69 Å². The van der Waals surface area contributed by atoms with E-state index in [9.17, 15) is 0 Å². The summed E-state index contributed by atoms with van der Waals surface area (Å²) in [7, 11) is 0. The average molecular weight is 242 g/mol. The van der Waals surface area contributed by atoms with E-state index >= 15 is 0 Å². The van der Waals surface area contributed by atoms with Gasteiger partial charge in [-0.3, -0.25) is 10.8 Å². The highest BCUT2D eigenvalue weighted by molar-refractivity contribution is 5.47. The standard InChI is InChI=1S/C14H18N4/c1-2-18(14-6-4-3-5-7-14)11-13-10-12(17-15)8-9-16-13/h3-10H,2,11,15H2,1H3,(H,16,17). The van der Waals surface area contributed by atoms with Crippen LogP contribution >= 0.6 is 0 Å². The summed E-state index contributed by atoms with van der Waals surface area (Å²) in [5.41, 5.74) is 5.72. The minimum Gasteiger partial charge on any atom is -0.366 e. The number of anilines is 2. The van der Waals surface area contributed by atoms with Crippen LogP contribution in [0.5, 0.6) is 0 Å². The fraction of sp³-hybridized carbons (Fsp3) is 0.214. The van der Waals surface area contributed by atoms with E-state index in [0.717, 1.165) is 24.5 Å². The molecule has 2 aromatic rings. The smallest absolute Gasteiger partial charge is 0.0617 e. The number of nitrogens with one attached hydrogen (secondary N) is 1. The van der Waals surface area contributed by atoms with Crippen molar-refractivity contribution in [2.75, 3.05) is 16.9 Å². The Morgan fingerprint density at radius 3 is 2.67 bits per heavy atom. The molecule has 0 amide bonds. The Bertz CT molecular complexity index is 484. The van der Waals surface area contributed by atoms with Gasteiger partial charge < -0.3 is 10.3 Å². The lowest BCUT2D eigenvalue weighted by molar-refractivity contribution is 0.810. The molecule has 2 rings (SSSR count). The summed E-state index contributed by atoms with van der Waals surface area (Å²) in [4.78, 5) is 6.63. The van der Waals surface area contributed by atoms with Crippen molar-refractivity contribution in [3.05, 3.63) is 54.4 Å². The summed E-state index contributed by atoms with van der Waals surface area (Å²) in [6.07, 6.45) is 1.77. The first kappa shape index (κ1) is 12.4. The zero-order valence-electron chi connectivity index (χ0n) is 10.5. The summed E-state index contributed by atoms with van der Waals surface area (Å²) in [6, 6.07) is 14.1. The summed E-state index contributed by atoms with van der Waals surface area (Å²) in [5.74, 6) is 5.40. The van der Waals surface area contributed by atoms with Crippen LogP contribution in [0.3, 0.4) is 0 Å². The van der Waals surface area contributed by atoms with Crippen molar-refractivity contribution in [3.63, 3.8) is 0 Å². The van der Waals surface area contributed by atoms with E-state index in [-0.39, 0.29) is 0 Å². The van der Waals surface area contributed by atoms with Gasteiger partial charge in [0.25, 0.3) is 0 Å². The highest BCUT2D eigenvalue weighted by Crippen LogP contribution is 2.16. The van der Waals surface area contributed by atoms with Gasteiger partial charge in [-0.15, -0.1) is 0 Å². The van der Waals surface area contributed by atoms with Crippen LogP contribution in [0.4, 0.5) is 11.4 Å². The summed E-state index contributed by atoms with van der Waals surface area (Å²) in [6.45, 7) is 3.85. The molecule has 0 saturated carbocycles. The molecule has 3 N–H and O–H groups in total. The molecule has 1 aromatic carbocycles. The third-order valence-corrected chi connectivity index (χ3v) is 2.84. The number of nitrogens with two attached hydrogens (primary N) is 1. The molecule has 0 atom stereocenters. The van der Waals surface area contributed by atoms with Crippen molar-refractivity contribution in [1.29, 1.82) is 0 Å². The lowest BCUT2D eigenvalue weighted by Gasteiger charge is -2.22. The molecule has 0 spiro atoms. The van der Waals surface area contributed by atoms with Crippen LogP contribution in [0.25, 0.3) is 0 Å². The second-order valence-corrected chi connectivity index (χ2v) is 4.03. The summed E-state index contributed by atoms with van der Waals surface area (Å²) in [5, 5.41) is 0. The molecule has 0 fully saturated rings. The number of hydrazine groups is 1. The Balaban J connectivity index is 2.15. The maximum Gasteiger partial charge on any atom is 0.0617 e. The van der Waals surface area contributed by atoms with Crippen LogP contribution in [-0.2, 0) is 6.54 Å². The van der Waals surface area contributed by atoms with Gasteiger partial charge in [0.05, 0.1) is 17.9 Å². The van der Waals surface area contributed by atoms with Crippen LogP contribution in [0.1, 0.15) is 12.6 Å². The summed E-state index contributed by atoms with van der Waals surface area (Å²) >= 11 is 0. The fourth-order valence-electron chi connectivity index (χ4n) is 1.87. The Labute approximate surface area is 107 Å². The Morgan fingerprint density at radius 2 is 2.00 bits per heavy atom. The number of pyridine rings is 1. The van der Waals surface area contributed by atoms with Gasteiger partial charge in [-0.05, 0) is 31.2 Å². The number of para-hydroxylation sites is 1. The quantitative estimate of drug-likeness (QED) is 0.624. The van der Waals surface area contributed by atoms with E-state index in [2.05, 4.69) is 34.4 Å². The maximum absolute atomic E-state index is 5.40. The molecule has 0 aliphatic heterocycles. The molecule has 0 saturated heterocycles. The number of hydrogen-bond acceptors (Lipinski definition) is 4. The molecule has 1 aromatic heterocycles. The van der Waals surface area contributed by atoms with E-state index < -0.39 is 0 Å². The minimum absolute atomic E-state index is 0.774. The number of nitrogens with zero attached hydrogens (tertiary/aromatic N) is 2. The third-order valence-electron chi connectivity index (χ3n) is 2.84. The van der Waals surface area contributed by atoms with Gasteiger partial charge in [-0.25, -0.2) is 0 Å². The monoisotopic (exact) mass is 242 g/mol. The summed E-state index contributed by atoms with van der Waals surface area (Å²) < 4.78 is 0. The second kappa shape index (κ2) is 6.02. The molecule has 0 bridgehead atoms. The van der Waals surface area contributed by atoms with Crippen molar-refractivity contribution < 1.29 is 0 Å². The lowest BCUT2D eigenvalue weighted by atomic mass is 10.2. The van der Waals surface area contributed by atoms with Crippen LogP contribution in [0.2, 0.25) is 0 Å². The maximum atomic E-state index is 5.40. The predicted octanol–water partition coefficient (Wildman–Crippen LogP) is 2.39. The fourth-order valence-corrected chi connectivity index (χ4v) is 1.87. The number of nitrogen functional groups attached to an aromatic ring is 1. The van der Waals surface area contributed by atoms with Crippen LogP contribution in [0.15, 0.2) is 48.7 Å². The van der Waals surface area contributed by atoms with Crippen LogP contribution in [-0.4, -0.2) is 11.5 Å². The van der Waals surface area contributed by atoms with Gasteiger partial charge in [-0.1, -0.05) is 18.2 Å². The third kappa shape index (κ3) is 2.99. The van der Waals surface area contributed by atoms with Crippen molar-refractivity contribution >= 4 is 11.4 Å². The van der Waals surface area contributed by atoms with Gasteiger partial charge in [0.2, 0.25) is 0 Å². The molecule has 18 heavy (non-hydrogen) atoms. The molecule has 94 valence electrons. The normalized spacial score (nSPS) is 10.1. The van der Waals surface area contributed by atoms with E-state index in [1.807, 2.05) is 30.3 Å². The van der Waals surface area contributed by atoms with Gasteiger partial charge in [0.1, 0.15) is 0 Å². The zero-order valence-corrected chi connectivity index (χ0v) is 10.5. The molecule has 0 aliphatic carbocycles.